The molecule has 0 fully saturated rings. The van der Waals surface area contributed by atoms with Gasteiger partial charge >= 0.3 is 6.36 Å². The summed E-state index contributed by atoms with van der Waals surface area (Å²) in [6, 6.07) is 5.35. The van der Waals surface area contributed by atoms with Gasteiger partial charge in [0.05, 0.1) is 19.0 Å². The minimum atomic E-state index is -4.70. The number of halogens is 3. The molecule has 2 aromatic rings. The fourth-order valence-corrected chi connectivity index (χ4v) is 1.57. The summed E-state index contributed by atoms with van der Waals surface area (Å²) in [6.45, 7) is 2.56. The highest BCUT2D eigenvalue weighted by Gasteiger charge is 2.30. The SMILES string of the molecule is CCCOc1cnc(-c2ccc(OC(F)(F)F)cc2)nc1. The van der Waals surface area contributed by atoms with Crippen molar-refractivity contribution in [3.63, 3.8) is 0 Å². The van der Waals surface area contributed by atoms with E-state index in [4.69, 9.17) is 4.74 Å². The number of hydrogen-bond acceptors (Lipinski definition) is 4. The van der Waals surface area contributed by atoms with Crippen molar-refractivity contribution in [1.82, 2.24) is 9.97 Å². The van der Waals surface area contributed by atoms with E-state index in [1.807, 2.05) is 6.92 Å². The van der Waals surface area contributed by atoms with Crippen molar-refractivity contribution in [2.24, 2.45) is 0 Å². The first-order chi connectivity index (χ1) is 9.98. The van der Waals surface area contributed by atoms with Crippen LogP contribution in [0, 0.1) is 0 Å². The first-order valence-electron chi connectivity index (χ1n) is 6.29. The third-order valence-electron chi connectivity index (χ3n) is 2.45. The van der Waals surface area contributed by atoms with Crippen LogP contribution in [0.2, 0.25) is 0 Å². The molecule has 0 atom stereocenters. The second kappa shape index (κ2) is 6.43. The van der Waals surface area contributed by atoms with E-state index in [9.17, 15) is 13.2 Å². The van der Waals surface area contributed by atoms with Crippen LogP contribution in [0.25, 0.3) is 11.4 Å². The highest BCUT2D eigenvalue weighted by atomic mass is 19.4. The van der Waals surface area contributed by atoms with E-state index in [0.717, 1.165) is 6.42 Å². The Morgan fingerprint density at radius 3 is 2.14 bits per heavy atom. The van der Waals surface area contributed by atoms with Crippen LogP contribution >= 0.6 is 0 Å². The number of alkyl halides is 3. The maximum atomic E-state index is 12.1. The molecule has 0 amide bonds. The quantitative estimate of drug-likeness (QED) is 0.841. The lowest BCUT2D eigenvalue weighted by atomic mass is 10.2. The maximum absolute atomic E-state index is 12.1. The van der Waals surface area contributed by atoms with E-state index in [0.29, 0.717) is 23.7 Å². The van der Waals surface area contributed by atoms with Crippen LogP contribution in [0.15, 0.2) is 36.7 Å². The zero-order valence-corrected chi connectivity index (χ0v) is 11.2. The molecular weight excluding hydrogens is 285 g/mol. The van der Waals surface area contributed by atoms with Gasteiger partial charge in [0.2, 0.25) is 0 Å². The summed E-state index contributed by atoms with van der Waals surface area (Å²) >= 11 is 0. The Morgan fingerprint density at radius 2 is 1.62 bits per heavy atom. The Bertz CT molecular complexity index is 568. The van der Waals surface area contributed by atoms with Crippen LogP contribution in [0.4, 0.5) is 13.2 Å². The van der Waals surface area contributed by atoms with E-state index in [2.05, 4.69) is 14.7 Å². The summed E-state index contributed by atoms with van der Waals surface area (Å²) in [5.41, 5.74) is 0.589. The zero-order valence-electron chi connectivity index (χ0n) is 11.2. The number of benzene rings is 1. The zero-order chi connectivity index (χ0) is 15.3. The molecule has 0 saturated heterocycles. The van der Waals surface area contributed by atoms with Crippen molar-refractivity contribution in [2.75, 3.05) is 6.61 Å². The molecule has 1 aromatic heterocycles. The van der Waals surface area contributed by atoms with E-state index >= 15 is 0 Å². The molecule has 7 heteroatoms. The van der Waals surface area contributed by atoms with Crippen molar-refractivity contribution in [2.45, 2.75) is 19.7 Å². The summed E-state index contributed by atoms with van der Waals surface area (Å²) in [5.74, 6) is 0.671. The number of rotatable bonds is 5. The average molecular weight is 298 g/mol. The molecule has 0 spiro atoms. The Balaban J connectivity index is 2.08. The number of nitrogens with zero attached hydrogens (tertiary/aromatic N) is 2. The van der Waals surface area contributed by atoms with Gasteiger partial charge in [-0.1, -0.05) is 6.92 Å². The second-order valence-electron chi connectivity index (χ2n) is 4.16. The molecule has 112 valence electrons. The Hall–Kier alpha value is -2.31. The van der Waals surface area contributed by atoms with Crippen LogP contribution < -0.4 is 9.47 Å². The van der Waals surface area contributed by atoms with Crippen molar-refractivity contribution in [3.05, 3.63) is 36.7 Å². The number of ether oxygens (including phenoxy) is 2. The fourth-order valence-electron chi connectivity index (χ4n) is 1.57. The molecule has 0 aliphatic heterocycles. The predicted molar refractivity (Wildman–Crippen MR) is 69.9 cm³/mol. The van der Waals surface area contributed by atoms with Gasteiger partial charge in [0.25, 0.3) is 0 Å². The second-order valence-corrected chi connectivity index (χ2v) is 4.16. The number of aromatic nitrogens is 2. The molecule has 4 nitrogen and oxygen atoms in total. The van der Waals surface area contributed by atoms with Crippen LogP contribution in [-0.2, 0) is 0 Å². The molecule has 1 aromatic carbocycles. The summed E-state index contributed by atoms with van der Waals surface area (Å²) < 4.78 is 45.3. The fraction of sp³-hybridized carbons (Fsp3) is 0.286. The minimum absolute atomic E-state index is 0.283. The molecule has 0 radical (unpaired) electrons. The van der Waals surface area contributed by atoms with Gasteiger partial charge in [-0.3, -0.25) is 0 Å². The van der Waals surface area contributed by atoms with Gasteiger partial charge in [-0.05, 0) is 30.7 Å². The predicted octanol–water partition coefficient (Wildman–Crippen LogP) is 3.83. The van der Waals surface area contributed by atoms with Gasteiger partial charge < -0.3 is 9.47 Å². The van der Waals surface area contributed by atoms with Crippen LogP contribution in [-0.4, -0.2) is 22.9 Å². The standard InChI is InChI=1S/C14H13F3N2O2/c1-2-7-20-12-8-18-13(19-9-12)10-3-5-11(6-4-10)21-14(15,16)17/h3-6,8-9H,2,7H2,1H3. The molecule has 21 heavy (non-hydrogen) atoms. The van der Waals surface area contributed by atoms with Crippen LogP contribution in [0.5, 0.6) is 11.5 Å². The molecule has 0 N–H and O–H groups in total. The van der Waals surface area contributed by atoms with Gasteiger partial charge in [-0.15, -0.1) is 13.2 Å². The molecule has 0 aliphatic carbocycles. The lowest BCUT2D eigenvalue weighted by molar-refractivity contribution is -0.274. The molecule has 0 aliphatic rings. The molecule has 1 heterocycles. The number of hydrogen-bond donors (Lipinski definition) is 0. The third kappa shape index (κ3) is 4.62. The van der Waals surface area contributed by atoms with Gasteiger partial charge in [-0.25, -0.2) is 9.97 Å². The normalized spacial score (nSPS) is 11.2. The summed E-state index contributed by atoms with van der Waals surface area (Å²) in [4.78, 5) is 8.21. The van der Waals surface area contributed by atoms with Gasteiger partial charge in [0.1, 0.15) is 5.75 Å². The minimum Gasteiger partial charge on any atom is -0.490 e. The highest BCUT2D eigenvalue weighted by molar-refractivity contribution is 5.56. The van der Waals surface area contributed by atoms with Crippen molar-refractivity contribution in [3.8, 4) is 22.9 Å². The van der Waals surface area contributed by atoms with Crippen LogP contribution in [0.3, 0.4) is 0 Å². The van der Waals surface area contributed by atoms with E-state index < -0.39 is 6.36 Å². The average Bonchev–Trinajstić information content (AvgIpc) is 2.45. The third-order valence-corrected chi connectivity index (χ3v) is 2.45. The van der Waals surface area contributed by atoms with Crippen LogP contribution in [0.1, 0.15) is 13.3 Å². The Kier molecular flexibility index (Phi) is 4.62. The van der Waals surface area contributed by atoms with Gasteiger partial charge in [0, 0.05) is 5.56 Å². The maximum Gasteiger partial charge on any atom is 0.573 e. The van der Waals surface area contributed by atoms with Crippen molar-refractivity contribution in [1.29, 1.82) is 0 Å². The smallest absolute Gasteiger partial charge is 0.490 e. The summed E-state index contributed by atoms with van der Waals surface area (Å²) in [5, 5.41) is 0. The Labute approximate surface area is 119 Å². The molecule has 0 bridgehead atoms. The first-order valence-corrected chi connectivity index (χ1v) is 6.29. The van der Waals surface area contributed by atoms with Crippen molar-refractivity contribution < 1.29 is 22.6 Å². The lowest BCUT2D eigenvalue weighted by Gasteiger charge is -2.09. The summed E-state index contributed by atoms with van der Waals surface area (Å²) in [7, 11) is 0. The first kappa shape index (κ1) is 15.1. The Morgan fingerprint density at radius 1 is 1.00 bits per heavy atom. The summed E-state index contributed by atoms with van der Waals surface area (Å²) in [6.07, 6.45) is -0.769. The topological polar surface area (TPSA) is 44.2 Å². The van der Waals surface area contributed by atoms with E-state index in [1.54, 1.807) is 0 Å². The van der Waals surface area contributed by atoms with Gasteiger partial charge in [-0.2, -0.15) is 0 Å². The van der Waals surface area contributed by atoms with Gasteiger partial charge in [0.15, 0.2) is 11.6 Å². The molecule has 0 saturated carbocycles. The molecular formula is C14H13F3N2O2. The van der Waals surface area contributed by atoms with E-state index in [-0.39, 0.29) is 5.75 Å². The van der Waals surface area contributed by atoms with Crippen molar-refractivity contribution >= 4 is 0 Å². The molecule has 0 unspecified atom stereocenters. The van der Waals surface area contributed by atoms with E-state index in [1.165, 1.54) is 36.7 Å². The monoisotopic (exact) mass is 298 g/mol. The largest absolute Gasteiger partial charge is 0.573 e. The highest BCUT2D eigenvalue weighted by Crippen LogP contribution is 2.25. The lowest BCUT2D eigenvalue weighted by Crippen LogP contribution is -2.16. The molecule has 2 rings (SSSR count).